The van der Waals surface area contributed by atoms with Gasteiger partial charge in [-0.15, -0.1) is 0 Å². The maximum Gasteiger partial charge on any atom is 0.315 e. The number of hydrogen-bond donors (Lipinski definition) is 3. The number of nitrogens with one attached hydrogen (secondary N) is 2. The molecule has 0 saturated carbocycles. The van der Waals surface area contributed by atoms with Crippen LogP contribution in [0.4, 0.5) is 4.79 Å². The van der Waals surface area contributed by atoms with Crippen molar-refractivity contribution in [2.24, 2.45) is 0 Å². The normalized spacial score (nSPS) is 19.6. The molecule has 2 amide bonds. The Hall–Kier alpha value is -1.75. The van der Waals surface area contributed by atoms with E-state index in [1.54, 1.807) is 0 Å². The lowest BCUT2D eigenvalue weighted by Gasteiger charge is -2.21. The second kappa shape index (κ2) is 6.61. The molecule has 3 atom stereocenters. The third-order valence-corrected chi connectivity index (χ3v) is 3.64. The first-order valence-electron chi connectivity index (χ1n) is 7.01. The summed E-state index contributed by atoms with van der Waals surface area (Å²) in [5.41, 5.74) is 1.14. The van der Waals surface area contributed by atoms with Gasteiger partial charge in [0.05, 0.1) is 6.61 Å². The minimum atomic E-state index is -0.206. The van der Waals surface area contributed by atoms with E-state index in [9.17, 15) is 4.79 Å². The number of amides is 2. The Bertz CT molecular complexity index is 464. The highest BCUT2D eigenvalue weighted by Gasteiger charge is 2.29. The fourth-order valence-electron chi connectivity index (χ4n) is 2.44. The number of ether oxygens (including phenoxy) is 1. The fraction of sp³-hybridized carbons (Fsp3) is 0.533. The van der Waals surface area contributed by atoms with Crippen LogP contribution in [0.25, 0.3) is 0 Å². The maximum atomic E-state index is 11.9. The van der Waals surface area contributed by atoms with Crippen LogP contribution in [0, 0.1) is 0 Å². The average molecular weight is 278 g/mol. The minimum absolute atomic E-state index is 0.0139. The van der Waals surface area contributed by atoms with Gasteiger partial charge in [0.1, 0.15) is 5.75 Å². The van der Waals surface area contributed by atoms with Crippen LogP contribution in [0.5, 0.6) is 5.75 Å². The molecule has 3 N–H and O–H groups in total. The highest BCUT2D eigenvalue weighted by molar-refractivity contribution is 5.74. The molecule has 0 spiro atoms. The molecule has 0 saturated heterocycles. The summed E-state index contributed by atoms with van der Waals surface area (Å²) in [4.78, 5) is 11.9. The van der Waals surface area contributed by atoms with E-state index in [-0.39, 0.29) is 30.6 Å². The molecule has 2 rings (SSSR count). The van der Waals surface area contributed by atoms with Crippen molar-refractivity contribution in [2.75, 3.05) is 13.2 Å². The zero-order valence-corrected chi connectivity index (χ0v) is 11.9. The van der Waals surface area contributed by atoms with Crippen molar-refractivity contribution in [3.63, 3.8) is 0 Å². The highest BCUT2D eigenvalue weighted by atomic mass is 16.5. The topological polar surface area (TPSA) is 70.6 Å². The van der Waals surface area contributed by atoms with E-state index in [2.05, 4.69) is 10.6 Å². The van der Waals surface area contributed by atoms with Gasteiger partial charge < -0.3 is 20.5 Å². The molecule has 1 aromatic carbocycles. The van der Waals surface area contributed by atoms with E-state index in [4.69, 9.17) is 9.84 Å². The Morgan fingerprint density at radius 1 is 1.40 bits per heavy atom. The van der Waals surface area contributed by atoms with Crippen molar-refractivity contribution in [1.29, 1.82) is 0 Å². The number of para-hydroxylation sites is 1. The van der Waals surface area contributed by atoms with E-state index in [0.717, 1.165) is 11.3 Å². The van der Waals surface area contributed by atoms with Gasteiger partial charge in [0.2, 0.25) is 0 Å². The summed E-state index contributed by atoms with van der Waals surface area (Å²) in [7, 11) is 0. The van der Waals surface area contributed by atoms with E-state index >= 15 is 0 Å². The smallest absolute Gasteiger partial charge is 0.315 e. The summed E-state index contributed by atoms with van der Waals surface area (Å²) in [6.07, 6.45) is 0.553. The summed E-state index contributed by atoms with van der Waals surface area (Å²) in [5, 5.41) is 14.6. The number of rotatable bonds is 5. The molecule has 5 nitrogen and oxygen atoms in total. The third kappa shape index (κ3) is 3.42. The van der Waals surface area contributed by atoms with Gasteiger partial charge >= 0.3 is 6.03 Å². The first kappa shape index (κ1) is 14.7. The Morgan fingerprint density at radius 3 is 2.90 bits per heavy atom. The van der Waals surface area contributed by atoms with Crippen LogP contribution in [0.3, 0.4) is 0 Å². The van der Waals surface area contributed by atoms with Crippen molar-refractivity contribution in [2.45, 2.75) is 38.3 Å². The first-order chi connectivity index (χ1) is 9.61. The molecule has 0 radical (unpaired) electrons. The van der Waals surface area contributed by atoms with Gasteiger partial charge in [0.15, 0.2) is 0 Å². The van der Waals surface area contributed by atoms with Gasteiger partial charge in [-0.3, -0.25) is 0 Å². The first-order valence-corrected chi connectivity index (χ1v) is 7.01. The standard InChI is InChI=1S/C15H22N2O3/c1-10(7-8-18)16-15(19)17-11(2)13-9-20-14-6-4-3-5-12(13)14/h3-6,10-11,13,18H,7-9H2,1-2H3,(H2,16,17,19)/t10-,11?,13?/m1/s1. The lowest BCUT2D eigenvalue weighted by molar-refractivity contribution is 0.224. The Morgan fingerprint density at radius 2 is 2.15 bits per heavy atom. The molecule has 0 aromatic heterocycles. The van der Waals surface area contributed by atoms with E-state index in [1.165, 1.54) is 0 Å². The van der Waals surface area contributed by atoms with Crippen molar-refractivity contribution in [3.8, 4) is 5.75 Å². The number of benzene rings is 1. The molecule has 0 fully saturated rings. The predicted molar refractivity (Wildman–Crippen MR) is 77.0 cm³/mol. The molecule has 1 aliphatic rings. The molecule has 0 aliphatic carbocycles. The SMILES string of the molecule is CC(NC(=O)N[C@H](C)CCO)C1COc2ccccc21. The van der Waals surface area contributed by atoms with Gasteiger partial charge in [0.25, 0.3) is 0 Å². The molecule has 110 valence electrons. The summed E-state index contributed by atoms with van der Waals surface area (Å²) in [6.45, 7) is 4.51. The van der Waals surface area contributed by atoms with Crippen LogP contribution in [0.15, 0.2) is 24.3 Å². The summed E-state index contributed by atoms with van der Waals surface area (Å²) in [6, 6.07) is 7.66. The van der Waals surface area contributed by atoms with Crippen LogP contribution in [0.2, 0.25) is 0 Å². The second-order valence-electron chi connectivity index (χ2n) is 5.28. The van der Waals surface area contributed by atoms with E-state index in [0.29, 0.717) is 13.0 Å². The molecule has 2 unspecified atom stereocenters. The molecular weight excluding hydrogens is 256 g/mol. The third-order valence-electron chi connectivity index (χ3n) is 3.64. The van der Waals surface area contributed by atoms with Gasteiger partial charge in [-0.1, -0.05) is 18.2 Å². The molecule has 5 heteroatoms. The Balaban J connectivity index is 1.90. The maximum absolute atomic E-state index is 11.9. The van der Waals surface area contributed by atoms with Gasteiger partial charge in [-0.25, -0.2) is 4.79 Å². The van der Waals surface area contributed by atoms with Crippen LogP contribution in [-0.2, 0) is 0 Å². The van der Waals surface area contributed by atoms with Crippen molar-refractivity contribution in [1.82, 2.24) is 10.6 Å². The number of aliphatic hydroxyl groups is 1. The van der Waals surface area contributed by atoms with Gasteiger partial charge in [0, 0.05) is 30.2 Å². The average Bonchev–Trinajstić information content (AvgIpc) is 2.82. The number of urea groups is 1. The van der Waals surface area contributed by atoms with Crippen LogP contribution in [0.1, 0.15) is 31.7 Å². The summed E-state index contributed by atoms with van der Waals surface area (Å²) in [5.74, 6) is 1.07. The number of carbonyl (C=O) groups is 1. The number of aliphatic hydroxyl groups excluding tert-OH is 1. The second-order valence-corrected chi connectivity index (χ2v) is 5.28. The van der Waals surface area contributed by atoms with E-state index < -0.39 is 0 Å². The lowest BCUT2D eigenvalue weighted by atomic mass is 9.94. The Kier molecular flexibility index (Phi) is 4.84. The molecular formula is C15H22N2O3. The lowest BCUT2D eigenvalue weighted by Crippen LogP contribution is -2.46. The van der Waals surface area contributed by atoms with Crippen LogP contribution in [-0.4, -0.2) is 36.4 Å². The zero-order chi connectivity index (χ0) is 14.5. The highest BCUT2D eigenvalue weighted by Crippen LogP contribution is 2.35. The quantitative estimate of drug-likeness (QED) is 0.766. The molecule has 0 bridgehead atoms. The summed E-state index contributed by atoms with van der Waals surface area (Å²) < 4.78 is 5.63. The molecule has 1 aromatic rings. The number of hydrogen-bond acceptors (Lipinski definition) is 3. The summed E-state index contributed by atoms with van der Waals surface area (Å²) >= 11 is 0. The van der Waals surface area contributed by atoms with Crippen molar-refractivity contribution in [3.05, 3.63) is 29.8 Å². The fourth-order valence-corrected chi connectivity index (χ4v) is 2.44. The monoisotopic (exact) mass is 278 g/mol. The molecule has 20 heavy (non-hydrogen) atoms. The van der Waals surface area contributed by atoms with Crippen molar-refractivity contribution >= 4 is 6.03 Å². The predicted octanol–water partition coefficient (Wildman–Crippen LogP) is 1.62. The number of carbonyl (C=O) groups excluding carboxylic acids is 1. The molecule has 1 heterocycles. The van der Waals surface area contributed by atoms with Crippen LogP contribution < -0.4 is 15.4 Å². The van der Waals surface area contributed by atoms with Gasteiger partial charge in [-0.05, 0) is 26.3 Å². The van der Waals surface area contributed by atoms with Crippen LogP contribution >= 0.6 is 0 Å². The molecule has 1 aliphatic heterocycles. The zero-order valence-electron chi connectivity index (χ0n) is 11.9. The largest absolute Gasteiger partial charge is 0.493 e. The van der Waals surface area contributed by atoms with Crippen molar-refractivity contribution < 1.29 is 14.6 Å². The Labute approximate surface area is 119 Å². The minimum Gasteiger partial charge on any atom is -0.493 e. The van der Waals surface area contributed by atoms with Gasteiger partial charge in [-0.2, -0.15) is 0 Å². The van der Waals surface area contributed by atoms with E-state index in [1.807, 2.05) is 38.1 Å². The number of fused-ring (bicyclic) bond motifs is 1.